The average Bonchev–Trinajstić information content (AvgIpc) is 2.76. The second-order valence-electron chi connectivity index (χ2n) is 9.42. The first-order valence-corrected chi connectivity index (χ1v) is 13.9. The van der Waals surface area contributed by atoms with Crippen LogP contribution in [0.3, 0.4) is 0 Å². The Hall–Kier alpha value is -0.860. The summed E-state index contributed by atoms with van der Waals surface area (Å²) < 4.78 is 5.58. The molecule has 0 aliphatic heterocycles. The maximum atomic E-state index is 12.1. The van der Waals surface area contributed by atoms with Crippen molar-refractivity contribution in [3.63, 3.8) is 0 Å². The summed E-state index contributed by atoms with van der Waals surface area (Å²) in [6.45, 7) is 4.51. The van der Waals surface area contributed by atoms with E-state index in [2.05, 4.69) is 13.8 Å². The van der Waals surface area contributed by atoms with Crippen LogP contribution in [0, 0.1) is 0 Å². The molecule has 31 heavy (non-hydrogen) atoms. The Morgan fingerprint density at radius 3 is 1.42 bits per heavy atom. The molecule has 3 nitrogen and oxygen atoms in total. The number of unbranched alkanes of at least 4 members (excludes halogenated alkanes) is 18. The molecule has 1 atom stereocenters. The maximum Gasteiger partial charge on any atom is 0.306 e. The lowest BCUT2D eigenvalue weighted by atomic mass is 10.0. The van der Waals surface area contributed by atoms with Gasteiger partial charge in [-0.2, -0.15) is 0 Å². The fourth-order valence-corrected chi connectivity index (χ4v) is 4.19. The second kappa shape index (κ2) is 25.4. The molecule has 0 amide bonds. The standard InChI is InChI=1S/C28H54O3/c1-3-5-7-9-11-13-14-16-18-20-22-24-28(30)31-27(25-26-29)23-21-19-17-15-12-10-8-6-4-2/h26-27H,3-25H2,1-2H3/t27-/m1/s1. The van der Waals surface area contributed by atoms with Crippen LogP contribution in [0.5, 0.6) is 0 Å². The van der Waals surface area contributed by atoms with Crippen LogP contribution in [-0.2, 0) is 14.3 Å². The van der Waals surface area contributed by atoms with Crippen LogP contribution in [0.2, 0.25) is 0 Å². The van der Waals surface area contributed by atoms with E-state index in [0.717, 1.165) is 32.0 Å². The molecule has 0 aromatic carbocycles. The Balaban J connectivity index is 3.58. The van der Waals surface area contributed by atoms with Gasteiger partial charge in [-0.1, -0.05) is 129 Å². The number of rotatable bonds is 25. The van der Waals surface area contributed by atoms with Crippen molar-refractivity contribution < 1.29 is 14.3 Å². The first kappa shape index (κ1) is 30.1. The van der Waals surface area contributed by atoms with E-state index in [1.54, 1.807) is 0 Å². The summed E-state index contributed by atoms with van der Waals surface area (Å²) in [5.74, 6) is -0.112. The van der Waals surface area contributed by atoms with Gasteiger partial charge < -0.3 is 9.53 Å². The SMILES string of the molecule is CCCCCCCCCCCCCC(=O)O[C@@H](CC=O)CCCCCCCCCCC. The van der Waals surface area contributed by atoms with Crippen molar-refractivity contribution in [1.82, 2.24) is 0 Å². The van der Waals surface area contributed by atoms with E-state index in [4.69, 9.17) is 4.74 Å². The molecule has 0 unspecified atom stereocenters. The molecule has 0 aromatic rings. The van der Waals surface area contributed by atoms with Gasteiger partial charge in [-0.15, -0.1) is 0 Å². The van der Waals surface area contributed by atoms with Crippen molar-refractivity contribution in [1.29, 1.82) is 0 Å². The number of carbonyl (C=O) groups is 2. The summed E-state index contributed by atoms with van der Waals surface area (Å²) in [5.41, 5.74) is 0. The Kier molecular flexibility index (Phi) is 24.7. The van der Waals surface area contributed by atoms with Crippen molar-refractivity contribution in [2.24, 2.45) is 0 Å². The lowest BCUT2D eigenvalue weighted by Crippen LogP contribution is -2.18. The summed E-state index contributed by atoms with van der Waals surface area (Å²) in [5, 5.41) is 0. The van der Waals surface area contributed by atoms with Crippen LogP contribution in [0.15, 0.2) is 0 Å². The van der Waals surface area contributed by atoms with Gasteiger partial charge >= 0.3 is 5.97 Å². The monoisotopic (exact) mass is 438 g/mol. The zero-order chi connectivity index (χ0) is 22.8. The fourth-order valence-electron chi connectivity index (χ4n) is 4.19. The van der Waals surface area contributed by atoms with Crippen LogP contribution in [-0.4, -0.2) is 18.4 Å². The Morgan fingerprint density at radius 2 is 1.00 bits per heavy atom. The van der Waals surface area contributed by atoms with Crippen LogP contribution >= 0.6 is 0 Å². The third kappa shape index (κ3) is 23.6. The maximum absolute atomic E-state index is 12.1. The molecule has 0 fully saturated rings. The molecular formula is C28H54O3. The van der Waals surface area contributed by atoms with E-state index >= 15 is 0 Å². The van der Waals surface area contributed by atoms with E-state index in [1.807, 2.05) is 0 Å². The molecule has 3 heteroatoms. The second-order valence-corrected chi connectivity index (χ2v) is 9.42. The average molecular weight is 439 g/mol. The molecule has 0 spiro atoms. The number of carbonyl (C=O) groups excluding carboxylic acids is 2. The fraction of sp³-hybridized carbons (Fsp3) is 0.929. The molecular weight excluding hydrogens is 384 g/mol. The van der Waals surface area contributed by atoms with Crippen LogP contribution < -0.4 is 0 Å². The molecule has 0 bridgehead atoms. The molecule has 0 radical (unpaired) electrons. The molecule has 0 aliphatic rings. The number of ether oxygens (including phenoxy) is 1. The van der Waals surface area contributed by atoms with Gasteiger partial charge in [0.05, 0.1) is 0 Å². The Labute approximate surface area is 194 Å². The van der Waals surface area contributed by atoms with Gasteiger partial charge in [0.1, 0.15) is 12.4 Å². The number of hydrogen-bond acceptors (Lipinski definition) is 3. The van der Waals surface area contributed by atoms with Crippen molar-refractivity contribution in [2.45, 2.75) is 168 Å². The van der Waals surface area contributed by atoms with E-state index in [-0.39, 0.29) is 12.1 Å². The molecule has 0 saturated carbocycles. The van der Waals surface area contributed by atoms with Crippen molar-refractivity contribution in [2.75, 3.05) is 0 Å². The number of esters is 1. The van der Waals surface area contributed by atoms with Crippen molar-refractivity contribution in [3.05, 3.63) is 0 Å². The van der Waals surface area contributed by atoms with Gasteiger partial charge in [0, 0.05) is 12.8 Å². The van der Waals surface area contributed by atoms with Gasteiger partial charge in [0.25, 0.3) is 0 Å². The van der Waals surface area contributed by atoms with E-state index in [0.29, 0.717) is 12.8 Å². The highest BCUT2D eigenvalue weighted by atomic mass is 16.5. The predicted molar refractivity (Wildman–Crippen MR) is 133 cm³/mol. The van der Waals surface area contributed by atoms with Gasteiger partial charge in [0.15, 0.2) is 0 Å². The largest absolute Gasteiger partial charge is 0.462 e. The first-order valence-electron chi connectivity index (χ1n) is 13.9. The van der Waals surface area contributed by atoms with Gasteiger partial charge in [-0.05, 0) is 19.3 Å². The van der Waals surface area contributed by atoms with Gasteiger partial charge in [-0.25, -0.2) is 0 Å². The van der Waals surface area contributed by atoms with E-state index < -0.39 is 0 Å². The highest BCUT2D eigenvalue weighted by Crippen LogP contribution is 2.16. The molecule has 0 N–H and O–H groups in total. The van der Waals surface area contributed by atoms with Gasteiger partial charge in [0.2, 0.25) is 0 Å². The molecule has 0 aliphatic carbocycles. The van der Waals surface area contributed by atoms with Gasteiger partial charge in [-0.3, -0.25) is 4.79 Å². The predicted octanol–water partition coefficient (Wildman–Crippen LogP) is 9.11. The Bertz CT molecular complexity index is 380. The molecule has 0 rings (SSSR count). The highest BCUT2D eigenvalue weighted by molar-refractivity contribution is 5.69. The molecule has 0 saturated heterocycles. The summed E-state index contributed by atoms with van der Waals surface area (Å²) >= 11 is 0. The third-order valence-corrected chi connectivity index (χ3v) is 6.27. The van der Waals surface area contributed by atoms with Crippen LogP contribution in [0.25, 0.3) is 0 Å². The topological polar surface area (TPSA) is 43.4 Å². The quantitative estimate of drug-likeness (QED) is 0.0810. The third-order valence-electron chi connectivity index (χ3n) is 6.27. The minimum atomic E-state index is -0.206. The van der Waals surface area contributed by atoms with E-state index in [9.17, 15) is 9.59 Å². The van der Waals surface area contributed by atoms with E-state index in [1.165, 1.54) is 109 Å². The number of hydrogen-bond donors (Lipinski definition) is 0. The zero-order valence-electron chi connectivity index (χ0n) is 21.1. The molecule has 184 valence electrons. The molecule has 0 heterocycles. The zero-order valence-corrected chi connectivity index (χ0v) is 21.1. The summed E-state index contributed by atoms with van der Waals surface area (Å²) in [6, 6.07) is 0. The summed E-state index contributed by atoms with van der Waals surface area (Å²) in [4.78, 5) is 23.0. The van der Waals surface area contributed by atoms with Crippen LogP contribution in [0.1, 0.15) is 162 Å². The van der Waals surface area contributed by atoms with Crippen molar-refractivity contribution in [3.8, 4) is 0 Å². The smallest absolute Gasteiger partial charge is 0.306 e. The lowest BCUT2D eigenvalue weighted by Gasteiger charge is -2.15. The minimum absolute atomic E-state index is 0.112. The minimum Gasteiger partial charge on any atom is -0.462 e. The number of aldehydes is 1. The highest BCUT2D eigenvalue weighted by Gasteiger charge is 2.13. The summed E-state index contributed by atoms with van der Waals surface area (Å²) in [6.07, 6.45) is 28.0. The lowest BCUT2D eigenvalue weighted by molar-refractivity contribution is -0.150. The van der Waals surface area contributed by atoms with Crippen molar-refractivity contribution >= 4 is 12.3 Å². The molecule has 0 aromatic heterocycles. The summed E-state index contributed by atoms with van der Waals surface area (Å²) in [7, 11) is 0. The van der Waals surface area contributed by atoms with Crippen LogP contribution in [0.4, 0.5) is 0 Å². The Morgan fingerprint density at radius 1 is 0.613 bits per heavy atom. The first-order chi connectivity index (χ1) is 15.2. The normalized spacial score (nSPS) is 12.1.